The summed E-state index contributed by atoms with van der Waals surface area (Å²) in [4.78, 5) is 13.1. The van der Waals surface area contributed by atoms with Gasteiger partial charge in [0, 0.05) is 20.8 Å². The predicted octanol–water partition coefficient (Wildman–Crippen LogP) is 3.30. The first-order valence-electron chi connectivity index (χ1n) is 6.09. The molecule has 0 aliphatic heterocycles. The number of hydrogen-bond acceptors (Lipinski definition) is 3. The van der Waals surface area contributed by atoms with Crippen LogP contribution < -0.4 is 11.1 Å². The van der Waals surface area contributed by atoms with Crippen molar-refractivity contribution in [1.82, 2.24) is 5.32 Å². The summed E-state index contributed by atoms with van der Waals surface area (Å²) < 4.78 is 0. The molecule has 0 fully saturated rings. The topological polar surface area (TPSA) is 55.1 Å². The van der Waals surface area contributed by atoms with Crippen LogP contribution in [0.25, 0.3) is 0 Å². The normalized spacial score (nSPS) is 9.86. The molecule has 0 bridgehead atoms. The van der Waals surface area contributed by atoms with Gasteiger partial charge in [-0.15, -0.1) is 11.3 Å². The molecule has 0 atom stereocenters. The Balaban J connectivity index is 1.99. The fourth-order valence-electron chi connectivity index (χ4n) is 1.63. The standard InChI is InChI=1S/C15H12Cl2N2OS/c16-11-3-4-13(14(17)7-11)15(20)19-8-12-6-10(9-21-12)2-1-5-18/h3-4,6-7,9H,5,8,18H2,(H,19,20). The Hall–Kier alpha value is -1.51. The van der Waals surface area contributed by atoms with E-state index in [0.717, 1.165) is 10.4 Å². The zero-order valence-corrected chi connectivity index (χ0v) is 13.3. The van der Waals surface area contributed by atoms with E-state index < -0.39 is 0 Å². The number of rotatable bonds is 3. The Bertz CT molecular complexity index is 716. The molecule has 1 heterocycles. The molecule has 21 heavy (non-hydrogen) atoms. The second-order valence-electron chi connectivity index (χ2n) is 4.11. The highest BCUT2D eigenvalue weighted by atomic mass is 35.5. The number of amides is 1. The highest BCUT2D eigenvalue weighted by Crippen LogP contribution is 2.21. The quantitative estimate of drug-likeness (QED) is 0.843. The van der Waals surface area contributed by atoms with Gasteiger partial charge in [-0.2, -0.15) is 0 Å². The average molecular weight is 339 g/mol. The number of carbonyl (C=O) groups is 1. The molecule has 3 N–H and O–H groups in total. The monoisotopic (exact) mass is 338 g/mol. The van der Waals surface area contributed by atoms with Crippen LogP contribution in [-0.4, -0.2) is 12.5 Å². The van der Waals surface area contributed by atoms with E-state index in [-0.39, 0.29) is 5.91 Å². The van der Waals surface area contributed by atoms with E-state index in [0.29, 0.717) is 28.7 Å². The van der Waals surface area contributed by atoms with Gasteiger partial charge in [0.1, 0.15) is 0 Å². The van der Waals surface area contributed by atoms with Gasteiger partial charge in [-0.25, -0.2) is 0 Å². The zero-order chi connectivity index (χ0) is 15.2. The SMILES string of the molecule is NCC#Cc1csc(CNC(=O)c2ccc(Cl)cc2Cl)c1. The van der Waals surface area contributed by atoms with E-state index >= 15 is 0 Å². The number of carbonyl (C=O) groups excluding carboxylic acids is 1. The summed E-state index contributed by atoms with van der Waals surface area (Å²) >= 11 is 13.3. The van der Waals surface area contributed by atoms with Gasteiger partial charge >= 0.3 is 0 Å². The van der Waals surface area contributed by atoms with Crippen LogP contribution in [0.5, 0.6) is 0 Å². The van der Waals surface area contributed by atoms with Crippen molar-refractivity contribution in [3.05, 3.63) is 55.7 Å². The summed E-state index contributed by atoms with van der Waals surface area (Å²) in [6.07, 6.45) is 0. The molecule has 0 radical (unpaired) electrons. The molecule has 0 aliphatic rings. The Morgan fingerprint density at radius 1 is 1.33 bits per heavy atom. The van der Waals surface area contributed by atoms with E-state index in [1.54, 1.807) is 18.2 Å². The van der Waals surface area contributed by atoms with Crippen LogP contribution in [0.3, 0.4) is 0 Å². The molecule has 1 aromatic heterocycles. The average Bonchev–Trinajstić information content (AvgIpc) is 2.90. The van der Waals surface area contributed by atoms with Crippen LogP contribution in [0.4, 0.5) is 0 Å². The maximum atomic E-state index is 12.1. The Labute approximate surface area is 137 Å². The summed E-state index contributed by atoms with van der Waals surface area (Å²) in [7, 11) is 0. The van der Waals surface area contributed by atoms with Crippen molar-refractivity contribution < 1.29 is 4.79 Å². The smallest absolute Gasteiger partial charge is 0.253 e. The number of halogens is 2. The first-order valence-corrected chi connectivity index (χ1v) is 7.73. The minimum absolute atomic E-state index is 0.236. The van der Waals surface area contributed by atoms with E-state index in [1.165, 1.54) is 11.3 Å². The fraction of sp³-hybridized carbons (Fsp3) is 0.133. The predicted molar refractivity (Wildman–Crippen MR) is 87.9 cm³/mol. The van der Waals surface area contributed by atoms with Crippen LogP contribution >= 0.6 is 34.5 Å². The molecule has 0 saturated heterocycles. The Kier molecular flexibility index (Phi) is 5.66. The minimum atomic E-state index is -0.236. The highest BCUT2D eigenvalue weighted by molar-refractivity contribution is 7.10. The summed E-state index contributed by atoms with van der Waals surface area (Å²) in [5.74, 6) is 5.50. The molecular weight excluding hydrogens is 327 g/mol. The molecule has 108 valence electrons. The van der Waals surface area contributed by atoms with Crippen LogP contribution in [0.15, 0.2) is 29.6 Å². The number of hydrogen-bond donors (Lipinski definition) is 2. The van der Waals surface area contributed by atoms with Crippen molar-refractivity contribution in [2.45, 2.75) is 6.54 Å². The molecule has 1 amide bonds. The number of benzene rings is 1. The molecule has 2 rings (SSSR count). The summed E-state index contributed by atoms with van der Waals surface area (Å²) in [5, 5.41) is 5.58. The fourth-order valence-corrected chi connectivity index (χ4v) is 2.88. The lowest BCUT2D eigenvalue weighted by atomic mass is 10.2. The summed E-state index contributed by atoms with van der Waals surface area (Å²) in [6.45, 7) is 0.754. The van der Waals surface area contributed by atoms with Crippen LogP contribution in [0.2, 0.25) is 10.0 Å². The van der Waals surface area contributed by atoms with Crippen LogP contribution in [0, 0.1) is 11.8 Å². The Morgan fingerprint density at radius 2 is 2.14 bits per heavy atom. The van der Waals surface area contributed by atoms with E-state index in [1.807, 2.05) is 11.4 Å². The molecule has 2 aromatic rings. The lowest BCUT2D eigenvalue weighted by molar-refractivity contribution is 0.0951. The molecule has 1 aromatic carbocycles. The second kappa shape index (κ2) is 7.48. The molecule has 0 spiro atoms. The van der Waals surface area contributed by atoms with Gasteiger partial charge in [-0.1, -0.05) is 35.0 Å². The van der Waals surface area contributed by atoms with Crippen molar-refractivity contribution in [3.8, 4) is 11.8 Å². The summed E-state index contributed by atoms with van der Waals surface area (Å²) in [5.41, 5.74) is 6.63. The maximum Gasteiger partial charge on any atom is 0.253 e. The van der Waals surface area contributed by atoms with Gasteiger partial charge in [0.2, 0.25) is 0 Å². The molecule has 6 heteroatoms. The molecule has 0 unspecified atom stereocenters. The van der Waals surface area contributed by atoms with Crippen molar-refractivity contribution in [2.24, 2.45) is 5.73 Å². The van der Waals surface area contributed by atoms with Gasteiger partial charge in [0.25, 0.3) is 5.91 Å². The van der Waals surface area contributed by atoms with Crippen molar-refractivity contribution in [3.63, 3.8) is 0 Å². The van der Waals surface area contributed by atoms with Crippen LogP contribution in [0.1, 0.15) is 20.8 Å². The van der Waals surface area contributed by atoms with Crippen molar-refractivity contribution in [1.29, 1.82) is 0 Å². The number of thiophene rings is 1. The molecule has 3 nitrogen and oxygen atoms in total. The number of nitrogens with one attached hydrogen (secondary N) is 1. The minimum Gasteiger partial charge on any atom is -0.347 e. The first-order chi connectivity index (χ1) is 10.1. The molecule has 0 aliphatic carbocycles. The van der Waals surface area contributed by atoms with Gasteiger partial charge < -0.3 is 11.1 Å². The van der Waals surface area contributed by atoms with Gasteiger partial charge in [0.15, 0.2) is 0 Å². The Morgan fingerprint density at radius 3 is 2.86 bits per heavy atom. The molecular formula is C15H12Cl2N2OS. The maximum absolute atomic E-state index is 12.1. The third kappa shape index (κ3) is 4.48. The zero-order valence-electron chi connectivity index (χ0n) is 11.0. The molecule has 0 saturated carbocycles. The van der Waals surface area contributed by atoms with Gasteiger partial charge in [-0.3, -0.25) is 4.79 Å². The van der Waals surface area contributed by atoms with E-state index in [4.69, 9.17) is 28.9 Å². The van der Waals surface area contributed by atoms with Gasteiger partial charge in [0.05, 0.1) is 23.7 Å². The first kappa shape index (κ1) is 15.9. The van der Waals surface area contributed by atoms with Crippen molar-refractivity contribution in [2.75, 3.05) is 6.54 Å². The highest BCUT2D eigenvalue weighted by Gasteiger charge is 2.10. The lowest BCUT2D eigenvalue weighted by Gasteiger charge is -2.05. The lowest BCUT2D eigenvalue weighted by Crippen LogP contribution is -2.22. The van der Waals surface area contributed by atoms with Crippen LogP contribution in [-0.2, 0) is 6.54 Å². The van der Waals surface area contributed by atoms with Crippen molar-refractivity contribution >= 4 is 40.4 Å². The summed E-state index contributed by atoms with van der Waals surface area (Å²) in [6, 6.07) is 6.71. The van der Waals surface area contributed by atoms with E-state index in [2.05, 4.69) is 17.2 Å². The number of nitrogens with two attached hydrogens (primary N) is 1. The van der Waals surface area contributed by atoms with E-state index in [9.17, 15) is 4.79 Å². The van der Waals surface area contributed by atoms with Gasteiger partial charge in [-0.05, 0) is 24.3 Å². The largest absolute Gasteiger partial charge is 0.347 e. The third-order valence-electron chi connectivity index (χ3n) is 2.59. The third-order valence-corrected chi connectivity index (χ3v) is 4.07. The second-order valence-corrected chi connectivity index (χ2v) is 5.95.